The van der Waals surface area contributed by atoms with Crippen molar-refractivity contribution in [3.05, 3.63) is 21.2 Å². The zero-order valence-electron chi connectivity index (χ0n) is 10.2. The van der Waals surface area contributed by atoms with Gasteiger partial charge in [0, 0.05) is 15.6 Å². The SMILES string of the molecule is COc1c(C)c(Br)c(C)c(CCN)c1OC. The first-order valence-corrected chi connectivity index (χ1v) is 5.97. The Balaban J connectivity index is 3.51. The predicted octanol–water partition coefficient (Wildman–Crippen LogP) is 2.58. The van der Waals surface area contributed by atoms with E-state index in [0.29, 0.717) is 6.54 Å². The first kappa shape index (κ1) is 13.3. The summed E-state index contributed by atoms with van der Waals surface area (Å²) >= 11 is 3.58. The number of benzene rings is 1. The molecule has 0 aliphatic carbocycles. The van der Waals surface area contributed by atoms with E-state index in [-0.39, 0.29) is 0 Å². The van der Waals surface area contributed by atoms with Crippen LogP contribution in [0.1, 0.15) is 16.7 Å². The molecule has 1 aromatic rings. The van der Waals surface area contributed by atoms with Gasteiger partial charge in [-0.25, -0.2) is 0 Å². The minimum absolute atomic E-state index is 0.593. The molecule has 0 aliphatic rings. The lowest BCUT2D eigenvalue weighted by atomic mass is 10.0. The second-order valence-electron chi connectivity index (χ2n) is 3.65. The highest BCUT2D eigenvalue weighted by Gasteiger charge is 2.19. The smallest absolute Gasteiger partial charge is 0.165 e. The van der Waals surface area contributed by atoms with E-state index in [0.717, 1.165) is 33.5 Å². The highest BCUT2D eigenvalue weighted by molar-refractivity contribution is 9.10. The molecule has 0 aliphatic heterocycles. The van der Waals surface area contributed by atoms with Crippen LogP contribution in [0.5, 0.6) is 11.5 Å². The van der Waals surface area contributed by atoms with Crippen molar-refractivity contribution >= 4 is 15.9 Å². The Hall–Kier alpha value is -0.740. The molecule has 0 aromatic heterocycles. The number of rotatable bonds is 4. The highest BCUT2D eigenvalue weighted by Crippen LogP contribution is 2.41. The Bertz CT molecular complexity index is 391. The molecule has 90 valence electrons. The van der Waals surface area contributed by atoms with Gasteiger partial charge in [-0.2, -0.15) is 0 Å². The fourth-order valence-corrected chi connectivity index (χ4v) is 2.32. The lowest BCUT2D eigenvalue weighted by Gasteiger charge is -2.19. The van der Waals surface area contributed by atoms with Crippen LogP contribution >= 0.6 is 15.9 Å². The Labute approximate surface area is 105 Å². The summed E-state index contributed by atoms with van der Waals surface area (Å²) in [6.45, 7) is 4.66. The number of methoxy groups -OCH3 is 2. The largest absolute Gasteiger partial charge is 0.493 e. The van der Waals surface area contributed by atoms with Crippen molar-refractivity contribution in [2.75, 3.05) is 20.8 Å². The zero-order valence-corrected chi connectivity index (χ0v) is 11.8. The van der Waals surface area contributed by atoms with Gasteiger partial charge < -0.3 is 15.2 Å². The summed E-state index contributed by atoms with van der Waals surface area (Å²) in [7, 11) is 3.31. The Morgan fingerprint density at radius 1 is 1.06 bits per heavy atom. The van der Waals surface area contributed by atoms with E-state index in [4.69, 9.17) is 15.2 Å². The minimum atomic E-state index is 0.593. The van der Waals surface area contributed by atoms with Crippen LogP contribution in [-0.2, 0) is 6.42 Å². The van der Waals surface area contributed by atoms with Crippen molar-refractivity contribution in [1.29, 1.82) is 0 Å². The predicted molar refractivity (Wildman–Crippen MR) is 69.5 cm³/mol. The molecule has 0 saturated heterocycles. The lowest BCUT2D eigenvalue weighted by molar-refractivity contribution is 0.349. The van der Waals surface area contributed by atoms with Gasteiger partial charge in [-0.1, -0.05) is 15.9 Å². The monoisotopic (exact) mass is 287 g/mol. The number of hydrogen-bond acceptors (Lipinski definition) is 3. The molecule has 1 rings (SSSR count). The molecule has 16 heavy (non-hydrogen) atoms. The van der Waals surface area contributed by atoms with Crippen LogP contribution in [-0.4, -0.2) is 20.8 Å². The molecular formula is C12H18BrNO2. The molecule has 0 amide bonds. The topological polar surface area (TPSA) is 44.5 Å². The minimum Gasteiger partial charge on any atom is -0.493 e. The maximum atomic E-state index is 5.62. The maximum absolute atomic E-state index is 5.62. The molecule has 0 heterocycles. The van der Waals surface area contributed by atoms with Crippen molar-refractivity contribution in [1.82, 2.24) is 0 Å². The van der Waals surface area contributed by atoms with E-state index in [1.165, 1.54) is 5.56 Å². The fraction of sp³-hybridized carbons (Fsp3) is 0.500. The summed E-state index contributed by atoms with van der Waals surface area (Å²) in [5, 5.41) is 0. The van der Waals surface area contributed by atoms with Crippen LogP contribution in [0.4, 0.5) is 0 Å². The van der Waals surface area contributed by atoms with Crippen LogP contribution in [0.2, 0.25) is 0 Å². The molecule has 0 bridgehead atoms. The highest BCUT2D eigenvalue weighted by atomic mass is 79.9. The Morgan fingerprint density at radius 3 is 2.06 bits per heavy atom. The Kier molecular flexibility index (Phi) is 4.62. The van der Waals surface area contributed by atoms with Crippen LogP contribution in [0.25, 0.3) is 0 Å². The summed E-state index contributed by atoms with van der Waals surface area (Å²) < 4.78 is 11.9. The molecule has 0 atom stereocenters. The quantitative estimate of drug-likeness (QED) is 0.926. The average molecular weight is 288 g/mol. The number of nitrogens with two attached hydrogens (primary N) is 1. The summed E-state index contributed by atoms with van der Waals surface area (Å²) in [5.41, 5.74) is 8.95. The summed E-state index contributed by atoms with van der Waals surface area (Å²) in [4.78, 5) is 0. The molecule has 1 aromatic carbocycles. The molecule has 2 N–H and O–H groups in total. The van der Waals surface area contributed by atoms with Crippen LogP contribution < -0.4 is 15.2 Å². The zero-order chi connectivity index (χ0) is 12.3. The van der Waals surface area contributed by atoms with Crippen molar-refractivity contribution in [2.45, 2.75) is 20.3 Å². The van der Waals surface area contributed by atoms with Gasteiger partial charge in [-0.05, 0) is 32.4 Å². The van der Waals surface area contributed by atoms with E-state index in [1.807, 2.05) is 6.92 Å². The molecule has 0 saturated carbocycles. The molecule has 0 fully saturated rings. The van der Waals surface area contributed by atoms with E-state index in [1.54, 1.807) is 14.2 Å². The summed E-state index contributed by atoms with van der Waals surface area (Å²) in [6.07, 6.45) is 0.782. The third-order valence-electron chi connectivity index (χ3n) is 2.73. The van der Waals surface area contributed by atoms with Gasteiger partial charge in [0.1, 0.15) is 0 Å². The average Bonchev–Trinajstić information content (AvgIpc) is 2.29. The molecule has 3 nitrogen and oxygen atoms in total. The first-order valence-electron chi connectivity index (χ1n) is 5.18. The van der Waals surface area contributed by atoms with E-state index >= 15 is 0 Å². The standard InChI is InChI=1S/C12H18BrNO2/c1-7-9(5-6-14)12(16-4)11(15-3)8(2)10(7)13/h5-6,14H2,1-4H3. The number of halogens is 1. The first-order chi connectivity index (χ1) is 7.58. The van der Waals surface area contributed by atoms with Crippen molar-refractivity contribution in [3.63, 3.8) is 0 Å². The van der Waals surface area contributed by atoms with Crippen LogP contribution in [0.3, 0.4) is 0 Å². The molecule has 4 heteroatoms. The summed E-state index contributed by atoms with van der Waals surface area (Å²) in [5.74, 6) is 1.58. The lowest BCUT2D eigenvalue weighted by Crippen LogP contribution is -2.08. The van der Waals surface area contributed by atoms with Gasteiger partial charge in [0.2, 0.25) is 0 Å². The Morgan fingerprint density at radius 2 is 1.62 bits per heavy atom. The van der Waals surface area contributed by atoms with Gasteiger partial charge in [-0.3, -0.25) is 0 Å². The number of hydrogen-bond donors (Lipinski definition) is 1. The summed E-state index contributed by atoms with van der Waals surface area (Å²) in [6, 6.07) is 0. The van der Waals surface area contributed by atoms with E-state index < -0.39 is 0 Å². The van der Waals surface area contributed by atoms with Crippen molar-refractivity contribution in [3.8, 4) is 11.5 Å². The van der Waals surface area contributed by atoms with Crippen molar-refractivity contribution < 1.29 is 9.47 Å². The third-order valence-corrected chi connectivity index (χ3v) is 3.92. The van der Waals surface area contributed by atoms with E-state index in [9.17, 15) is 0 Å². The van der Waals surface area contributed by atoms with Gasteiger partial charge in [-0.15, -0.1) is 0 Å². The van der Waals surface area contributed by atoms with Gasteiger partial charge in [0.15, 0.2) is 11.5 Å². The van der Waals surface area contributed by atoms with Crippen LogP contribution in [0, 0.1) is 13.8 Å². The van der Waals surface area contributed by atoms with Gasteiger partial charge in [0.05, 0.1) is 14.2 Å². The molecule has 0 spiro atoms. The normalized spacial score (nSPS) is 10.4. The van der Waals surface area contributed by atoms with Crippen molar-refractivity contribution in [2.24, 2.45) is 5.73 Å². The molecule has 0 radical (unpaired) electrons. The van der Waals surface area contributed by atoms with E-state index in [2.05, 4.69) is 22.9 Å². The van der Waals surface area contributed by atoms with Crippen LogP contribution in [0.15, 0.2) is 4.47 Å². The van der Waals surface area contributed by atoms with Gasteiger partial charge in [0.25, 0.3) is 0 Å². The second kappa shape index (κ2) is 5.55. The maximum Gasteiger partial charge on any atom is 0.165 e. The fourth-order valence-electron chi connectivity index (χ4n) is 1.90. The number of ether oxygens (including phenoxy) is 2. The van der Waals surface area contributed by atoms with Gasteiger partial charge >= 0.3 is 0 Å². The second-order valence-corrected chi connectivity index (χ2v) is 4.44. The molecule has 0 unspecified atom stereocenters. The molecular weight excluding hydrogens is 270 g/mol. The third kappa shape index (κ3) is 2.18.